The average molecular weight is 267 g/mol. The molecule has 1 aromatic rings. The number of rotatable bonds is 3. The van der Waals surface area contributed by atoms with Gasteiger partial charge in [0.05, 0.1) is 0 Å². The molecule has 0 unspecified atom stereocenters. The number of hydrogen-bond donors (Lipinski definition) is 0. The van der Waals surface area contributed by atoms with E-state index in [0.717, 1.165) is 21.4 Å². The van der Waals surface area contributed by atoms with Crippen LogP contribution < -0.4 is 0 Å². The zero-order valence-electron chi connectivity index (χ0n) is 10.4. The van der Waals surface area contributed by atoms with Crippen molar-refractivity contribution in [2.75, 3.05) is 11.5 Å². The summed E-state index contributed by atoms with van der Waals surface area (Å²) in [6, 6.07) is 7.52. The van der Waals surface area contributed by atoms with Crippen LogP contribution in [-0.2, 0) is 0 Å². The summed E-state index contributed by atoms with van der Waals surface area (Å²) in [5.41, 5.74) is 1.80. The van der Waals surface area contributed by atoms with Crippen molar-refractivity contribution in [1.82, 2.24) is 0 Å². The molecule has 0 saturated heterocycles. The number of carbonyl (C=O) groups excluding carboxylic acids is 1. The molecule has 1 amide bonds. The Bertz CT molecular complexity index is 390. The largest absolute Gasteiger partial charge is 0.278 e. The second-order valence-electron chi connectivity index (χ2n) is 3.41. The van der Waals surface area contributed by atoms with Gasteiger partial charge in [-0.2, -0.15) is 4.99 Å². The minimum Gasteiger partial charge on any atom is -0.267 e. The third-order valence-corrected chi connectivity index (χ3v) is 3.99. The van der Waals surface area contributed by atoms with Gasteiger partial charge in [-0.05, 0) is 30.6 Å². The molecule has 1 aromatic carbocycles. The van der Waals surface area contributed by atoms with Crippen LogP contribution >= 0.6 is 23.5 Å². The van der Waals surface area contributed by atoms with Crippen LogP contribution in [0.1, 0.15) is 29.8 Å². The van der Waals surface area contributed by atoms with Crippen molar-refractivity contribution in [3.05, 3.63) is 35.4 Å². The predicted octanol–water partition coefficient (Wildman–Crippen LogP) is 4.00. The van der Waals surface area contributed by atoms with Crippen molar-refractivity contribution in [2.45, 2.75) is 20.8 Å². The lowest BCUT2D eigenvalue weighted by Gasteiger charge is -2.02. The van der Waals surface area contributed by atoms with E-state index >= 15 is 0 Å². The molecule has 0 radical (unpaired) electrons. The lowest BCUT2D eigenvalue weighted by Crippen LogP contribution is -1.99. The fraction of sp³-hybridized carbons (Fsp3) is 0.385. The monoisotopic (exact) mass is 267 g/mol. The first kappa shape index (κ1) is 14.3. The first-order chi connectivity index (χ1) is 8.17. The molecule has 0 N–H and O–H groups in total. The molecule has 2 nitrogen and oxygen atoms in total. The lowest BCUT2D eigenvalue weighted by atomic mass is 10.1. The number of aliphatic imine (C=N–C) groups is 1. The smallest absolute Gasteiger partial charge is 0.267 e. The van der Waals surface area contributed by atoms with Crippen LogP contribution in [0.2, 0.25) is 0 Å². The molecule has 92 valence electrons. The number of aryl methyl sites for hydroxylation is 1. The first-order valence-electron chi connectivity index (χ1n) is 5.62. The summed E-state index contributed by atoms with van der Waals surface area (Å²) in [5, 5.41) is 0. The Morgan fingerprint density at radius 3 is 2.12 bits per heavy atom. The van der Waals surface area contributed by atoms with Crippen molar-refractivity contribution in [1.29, 1.82) is 0 Å². The number of amides is 1. The summed E-state index contributed by atoms with van der Waals surface area (Å²) in [7, 11) is 0. The molecule has 0 aromatic heterocycles. The van der Waals surface area contributed by atoms with Gasteiger partial charge >= 0.3 is 0 Å². The van der Waals surface area contributed by atoms with Gasteiger partial charge in [0.2, 0.25) is 0 Å². The third kappa shape index (κ3) is 4.96. The summed E-state index contributed by atoms with van der Waals surface area (Å²) in [5.74, 6) is 1.72. The highest BCUT2D eigenvalue weighted by Gasteiger charge is 2.06. The van der Waals surface area contributed by atoms with Gasteiger partial charge in [0.15, 0.2) is 0 Å². The minimum atomic E-state index is -0.151. The standard InChI is InChI=1S/C13H17NOS2/c1-4-16-13(17-5-2)14-12(15)11-8-6-10(3)7-9-11/h6-9H,4-5H2,1-3H3. The summed E-state index contributed by atoms with van der Waals surface area (Å²) in [6.07, 6.45) is 0. The highest BCUT2D eigenvalue weighted by molar-refractivity contribution is 8.38. The fourth-order valence-corrected chi connectivity index (χ4v) is 3.03. The maximum absolute atomic E-state index is 11.9. The normalized spacial score (nSPS) is 10.1. The van der Waals surface area contributed by atoms with E-state index < -0.39 is 0 Å². The van der Waals surface area contributed by atoms with Crippen LogP contribution in [0.3, 0.4) is 0 Å². The minimum absolute atomic E-state index is 0.151. The highest BCUT2D eigenvalue weighted by Crippen LogP contribution is 2.17. The predicted molar refractivity (Wildman–Crippen MR) is 79.2 cm³/mol. The average Bonchev–Trinajstić information content (AvgIpc) is 2.30. The molecule has 4 heteroatoms. The number of nitrogens with zero attached hydrogens (tertiary/aromatic N) is 1. The summed E-state index contributed by atoms with van der Waals surface area (Å²) in [6.45, 7) is 6.13. The van der Waals surface area contributed by atoms with Crippen molar-refractivity contribution in [2.24, 2.45) is 4.99 Å². The molecule has 0 heterocycles. The molecule has 0 fully saturated rings. The van der Waals surface area contributed by atoms with Crippen molar-refractivity contribution < 1.29 is 4.79 Å². The molecule has 0 atom stereocenters. The maximum atomic E-state index is 11.9. The highest BCUT2D eigenvalue weighted by atomic mass is 32.2. The molecular formula is C13H17NOS2. The quantitative estimate of drug-likeness (QED) is 0.612. The van der Waals surface area contributed by atoms with E-state index in [9.17, 15) is 4.79 Å². The van der Waals surface area contributed by atoms with Gasteiger partial charge in [-0.3, -0.25) is 4.79 Å². The molecule has 0 aliphatic carbocycles. The first-order valence-corrected chi connectivity index (χ1v) is 7.59. The van der Waals surface area contributed by atoms with Crippen LogP contribution in [-0.4, -0.2) is 21.8 Å². The molecular weight excluding hydrogens is 250 g/mol. The van der Waals surface area contributed by atoms with Crippen LogP contribution in [0.5, 0.6) is 0 Å². The second kappa shape index (κ2) is 7.56. The lowest BCUT2D eigenvalue weighted by molar-refractivity contribution is 0.100. The maximum Gasteiger partial charge on any atom is 0.278 e. The SMILES string of the molecule is CCSC(=NC(=O)c1ccc(C)cc1)SCC. The molecule has 1 rings (SSSR count). The van der Waals surface area contributed by atoms with E-state index in [0.29, 0.717) is 5.56 Å². The van der Waals surface area contributed by atoms with Crippen molar-refractivity contribution in [3.8, 4) is 0 Å². The third-order valence-electron chi connectivity index (χ3n) is 2.03. The Morgan fingerprint density at radius 1 is 1.12 bits per heavy atom. The van der Waals surface area contributed by atoms with E-state index in [1.165, 1.54) is 0 Å². The van der Waals surface area contributed by atoms with E-state index in [-0.39, 0.29) is 5.91 Å². The summed E-state index contributed by atoms with van der Waals surface area (Å²) < 4.78 is 0.862. The summed E-state index contributed by atoms with van der Waals surface area (Å²) in [4.78, 5) is 16.1. The molecule has 0 bridgehead atoms. The van der Waals surface area contributed by atoms with E-state index in [1.54, 1.807) is 23.5 Å². The van der Waals surface area contributed by atoms with E-state index in [1.807, 2.05) is 31.2 Å². The van der Waals surface area contributed by atoms with Crippen molar-refractivity contribution >= 4 is 33.8 Å². The van der Waals surface area contributed by atoms with Crippen LogP contribution in [0, 0.1) is 6.92 Å². The number of benzene rings is 1. The molecule has 17 heavy (non-hydrogen) atoms. The Morgan fingerprint density at radius 2 is 1.65 bits per heavy atom. The number of carbonyl (C=O) groups is 1. The van der Waals surface area contributed by atoms with Gasteiger partial charge in [-0.15, -0.1) is 0 Å². The Hall–Kier alpha value is -0.740. The molecule has 0 aliphatic heterocycles. The van der Waals surface area contributed by atoms with Gasteiger partial charge in [-0.1, -0.05) is 55.1 Å². The van der Waals surface area contributed by atoms with E-state index in [2.05, 4.69) is 18.8 Å². The van der Waals surface area contributed by atoms with E-state index in [4.69, 9.17) is 0 Å². The topological polar surface area (TPSA) is 29.4 Å². The van der Waals surface area contributed by atoms with Gasteiger partial charge in [0.1, 0.15) is 4.38 Å². The summed E-state index contributed by atoms with van der Waals surface area (Å²) >= 11 is 3.24. The van der Waals surface area contributed by atoms with Gasteiger partial charge in [0.25, 0.3) is 5.91 Å². The fourth-order valence-electron chi connectivity index (χ4n) is 1.20. The number of thioether (sulfide) groups is 2. The van der Waals surface area contributed by atoms with Crippen LogP contribution in [0.25, 0.3) is 0 Å². The zero-order valence-corrected chi connectivity index (χ0v) is 12.0. The van der Waals surface area contributed by atoms with Crippen LogP contribution in [0.15, 0.2) is 29.3 Å². The molecule has 0 aliphatic rings. The Labute approximate surface area is 111 Å². The van der Waals surface area contributed by atoms with Gasteiger partial charge in [0, 0.05) is 5.56 Å². The molecule has 0 saturated carbocycles. The Kier molecular flexibility index (Phi) is 6.37. The zero-order chi connectivity index (χ0) is 12.7. The van der Waals surface area contributed by atoms with Crippen molar-refractivity contribution in [3.63, 3.8) is 0 Å². The molecule has 0 spiro atoms. The number of hydrogen-bond acceptors (Lipinski definition) is 3. The van der Waals surface area contributed by atoms with Crippen LogP contribution in [0.4, 0.5) is 0 Å². The Balaban J connectivity index is 2.80. The van der Waals surface area contributed by atoms with Gasteiger partial charge in [-0.25, -0.2) is 0 Å². The second-order valence-corrected chi connectivity index (χ2v) is 6.18. The van der Waals surface area contributed by atoms with Gasteiger partial charge < -0.3 is 0 Å².